The summed E-state index contributed by atoms with van der Waals surface area (Å²) >= 11 is 0. The summed E-state index contributed by atoms with van der Waals surface area (Å²) in [7, 11) is -4.41. The highest BCUT2D eigenvalue weighted by atomic mass is 32.2. The van der Waals surface area contributed by atoms with Crippen LogP contribution >= 0.6 is 0 Å². The summed E-state index contributed by atoms with van der Waals surface area (Å²) in [5.74, 6) is -1.42. The van der Waals surface area contributed by atoms with E-state index in [4.69, 9.17) is 0 Å². The number of hydrogen-bond acceptors (Lipinski definition) is 5. The molecule has 0 amide bonds. The Balaban J connectivity index is 2.99. The summed E-state index contributed by atoms with van der Waals surface area (Å²) in [6, 6.07) is 3.98. The second-order valence-electron chi connectivity index (χ2n) is 2.78. The molecule has 0 N–H and O–H groups in total. The second-order valence-corrected chi connectivity index (χ2v) is 4.70. The zero-order valence-corrected chi connectivity index (χ0v) is 9.28. The summed E-state index contributed by atoms with van der Waals surface area (Å²) in [4.78, 5) is 14.4. The first-order valence-electron chi connectivity index (χ1n) is 4.45. The predicted octanol–water partition coefficient (Wildman–Crippen LogP) is 0.714. The number of esters is 1. The molecule has 0 fully saturated rings. The molecule has 0 aliphatic rings. The Labute approximate surface area is 92.2 Å². The van der Waals surface area contributed by atoms with E-state index in [2.05, 4.69) is 9.72 Å². The smallest absolute Gasteiger partial charge is 0.357 e. The summed E-state index contributed by atoms with van der Waals surface area (Å²) in [5, 5.41) is -0.490. The third kappa shape index (κ3) is 2.54. The summed E-state index contributed by atoms with van der Waals surface area (Å²) < 4.78 is 40.7. The molecule has 7 heteroatoms. The van der Waals surface area contributed by atoms with Gasteiger partial charge in [-0.25, -0.2) is 22.6 Å². The number of rotatable bonds is 4. The minimum absolute atomic E-state index is 0.0863. The highest BCUT2D eigenvalue weighted by molar-refractivity contribution is 7.92. The Bertz CT molecular complexity index is 460. The number of nitrogens with zero attached hydrogens (tertiary/aromatic N) is 1. The van der Waals surface area contributed by atoms with E-state index >= 15 is 0 Å². The van der Waals surface area contributed by atoms with E-state index in [-0.39, 0.29) is 6.61 Å². The van der Waals surface area contributed by atoms with Crippen LogP contribution in [0, 0.1) is 0 Å². The monoisotopic (exact) mass is 247 g/mol. The van der Waals surface area contributed by atoms with Crippen LogP contribution in [0.15, 0.2) is 29.4 Å². The number of pyridine rings is 1. The van der Waals surface area contributed by atoms with Gasteiger partial charge in [-0.15, -0.1) is 0 Å². The van der Waals surface area contributed by atoms with Crippen LogP contribution in [-0.4, -0.2) is 31.5 Å². The standard InChI is InChI=1S/C9H10FNO4S/c1-2-15-9(12)8(10)16(13,14)7-5-3-4-6-11-7/h3-6,8H,2H2,1H3. The summed E-state index contributed by atoms with van der Waals surface area (Å²) in [5.41, 5.74) is -2.73. The van der Waals surface area contributed by atoms with Crippen LogP contribution in [0.2, 0.25) is 0 Å². The van der Waals surface area contributed by atoms with E-state index < -0.39 is 26.3 Å². The van der Waals surface area contributed by atoms with Gasteiger partial charge < -0.3 is 4.74 Å². The maximum Gasteiger partial charge on any atom is 0.357 e. The predicted molar refractivity (Wildman–Crippen MR) is 53.0 cm³/mol. The maximum atomic E-state index is 13.3. The number of alkyl halides is 1. The molecular formula is C9H10FNO4S. The average molecular weight is 247 g/mol. The highest BCUT2D eigenvalue weighted by Crippen LogP contribution is 2.15. The molecule has 1 aromatic heterocycles. The van der Waals surface area contributed by atoms with Gasteiger partial charge in [0, 0.05) is 6.20 Å². The Morgan fingerprint density at radius 3 is 2.75 bits per heavy atom. The number of halogens is 1. The molecule has 5 nitrogen and oxygen atoms in total. The van der Waals surface area contributed by atoms with Crippen molar-refractivity contribution in [3.8, 4) is 0 Å². The van der Waals surface area contributed by atoms with Crippen molar-refractivity contribution in [2.24, 2.45) is 0 Å². The van der Waals surface area contributed by atoms with Gasteiger partial charge >= 0.3 is 11.5 Å². The van der Waals surface area contributed by atoms with Crippen LogP contribution in [0.25, 0.3) is 0 Å². The van der Waals surface area contributed by atoms with Gasteiger partial charge in [0.2, 0.25) is 9.84 Å². The third-order valence-electron chi connectivity index (χ3n) is 1.67. The van der Waals surface area contributed by atoms with E-state index in [1.165, 1.54) is 25.3 Å². The van der Waals surface area contributed by atoms with Crippen molar-refractivity contribution in [2.45, 2.75) is 17.5 Å². The Hall–Kier alpha value is -1.50. The van der Waals surface area contributed by atoms with Crippen LogP contribution < -0.4 is 0 Å². The number of carbonyl (C=O) groups excluding carboxylic acids is 1. The first-order valence-corrected chi connectivity index (χ1v) is 6.00. The van der Waals surface area contributed by atoms with Crippen molar-refractivity contribution < 1.29 is 22.3 Å². The van der Waals surface area contributed by atoms with Crippen molar-refractivity contribution in [2.75, 3.05) is 6.61 Å². The molecule has 1 heterocycles. The molecule has 1 unspecified atom stereocenters. The highest BCUT2D eigenvalue weighted by Gasteiger charge is 2.36. The molecule has 1 aromatic rings. The van der Waals surface area contributed by atoms with Gasteiger partial charge in [0.15, 0.2) is 5.03 Å². The minimum atomic E-state index is -4.41. The number of ether oxygens (including phenoxy) is 1. The first-order chi connectivity index (χ1) is 7.50. The Morgan fingerprint density at radius 1 is 1.56 bits per heavy atom. The van der Waals surface area contributed by atoms with Crippen LogP contribution in [0.1, 0.15) is 6.92 Å². The van der Waals surface area contributed by atoms with Crippen LogP contribution in [0.5, 0.6) is 0 Å². The Kier molecular flexibility index (Phi) is 3.94. The van der Waals surface area contributed by atoms with E-state index in [0.717, 1.165) is 6.07 Å². The number of aromatic nitrogens is 1. The molecule has 0 aliphatic carbocycles. The fourth-order valence-electron chi connectivity index (χ4n) is 0.956. The average Bonchev–Trinajstić information content (AvgIpc) is 2.29. The molecule has 0 aliphatic heterocycles. The Morgan fingerprint density at radius 2 is 2.25 bits per heavy atom. The quantitative estimate of drug-likeness (QED) is 0.733. The van der Waals surface area contributed by atoms with Crippen molar-refractivity contribution in [1.82, 2.24) is 4.98 Å². The van der Waals surface area contributed by atoms with E-state index in [0.29, 0.717) is 0 Å². The van der Waals surface area contributed by atoms with Gasteiger partial charge in [-0.2, -0.15) is 0 Å². The van der Waals surface area contributed by atoms with Gasteiger partial charge in [0.25, 0.3) is 0 Å². The van der Waals surface area contributed by atoms with E-state index in [1.54, 1.807) is 0 Å². The largest absolute Gasteiger partial charge is 0.463 e. The van der Waals surface area contributed by atoms with Crippen molar-refractivity contribution in [3.05, 3.63) is 24.4 Å². The molecule has 0 spiro atoms. The van der Waals surface area contributed by atoms with Gasteiger partial charge in [-0.1, -0.05) is 6.07 Å². The zero-order valence-electron chi connectivity index (χ0n) is 8.46. The molecule has 88 valence electrons. The normalized spacial score (nSPS) is 13.1. The minimum Gasteiger partial charge on any atom is -0.463 e. The van der Waals surface area contributed by atoms with Crippen molar-refractivity contribution >= 4 is 15.8 Å². The van der Waals surface area contributed by atoms with Crippen molar-refractivity contribution in [3.63, 3.8) is 0 Å². The molecule has 0 radical (unpaired) electrons. The maximum absolute atomic E-state index is 13.3. The molecular weight excluding hydrogens is 237 g/mol. The lowest BCUT2D eigenvalue weighted by Crippen LogP contribution is -2.28. The van der Waals surface area contributed by atoms with Gasteiger partial charge in [0.05, 0.1) is 6.61 Å². The van der Waals surface area contributed by atoms with Crippen molar-refractivity contribution in [1.29, 1.82) is 0 Å². The molecule has 1 rings (SSSR count). The molecule has 1 atom stereocenters. The third-order valence-corrected chi connectivity index (χ3v) is 3.24. The van der Waals surface area contributed by atoms with Crippen LogP contribution in [-0.2, 0) is 19.4 Å². The van der Waals surface area contributed by atoms with Gasteiger partial charge in [0.1, 0.15) is 0 Å². The lowest BCUT2D eigenvalue weighted by atomic mass is 10.5. The summed E-state index contributed by atoms with van der Waals surface area (Å²) in [6.45, 7) is 1.37. The molecule has 0 saturated heterocycles. The van der Waals surface area contributed by atoms with Crippen LogP contribution in [0.3, 0.4) is 0 Å². The molecule has 0 bridgehead atoms. The van der Waals surface area contributed by atoms with E-state index in [1.807, 2.05) is 0 Å². The molecule has 0 saturated carbocycles. The summed E-state index contributed by atoms with van der Waals surface area (Å²) in [6.07, 6.45) is 1.20. The molecule has 0 aromatic carbocycles. The SMILES string of the molecule is CCOC(=O)C(F)S(=O)(=O)c1ccccn1. The number of sulfone groups is 1. The number of hydrogen-bond donors (Lipinski definition) is 0. The van der Waals surface area contributed by atoms with Gasteiger partial charge in [-0.05, 0) is 19.1 Å². The fraction of sp³-hybridized carbons (Fsp3) is 0.333. The molecule has 16 heavy (non-hydrogen) atoms. The lowest BCUT2D eigenvalue weighted by molar-refractivity contribution is -0.145. The topological polar surface area (TPSA) is 73.3 Å². The lowest BCUT2D eigenvalue weighted by Gasteiger charge is -2.07. The second kappa shape index (κ2) is 5.02. The zero-order chi connectivity index (χ0) is 12.2. The first kappa shape index (κ1) is 12.6. The van der Waals surface area contributed by atoms with E-state index in [9.17, 15) is 17.6 Å². The number of carbonyl (C=O) groups is 1. The van der Waals surface area contributed by atoms with Crippen LogP contribution in [0.4, 0.5) is 4.39 Å². The fourth-order valence-corrected chi connectivity index (χ4v) is 1.97. The van der Waals surface area contributed by atoms with Gasteiger partial charge in [-0.3, -0.25) is 0 Å².